The fourth-order valence-electron chi connectivity index (χ4n) is 0.889. The highest BCUT2D eigenvalue weighted by Crippen LogP contribution is 2.13. The van der Waals surface area contributed by atoms with Crippen LogP contribution in [0.3, 0.4) is 0 Å². The van der Waals surface area contributed by atoms with Crippen molar-refractivity contribution in [2.24, 2.45) is 5.92 Å². The van der Waals surface area contributed by atoms with Crippen LogP contribution in [0.4, 0.5) is 0 Å². The van der Waals surface area contributed by atoms with Crippen LogP contribution in [-0.4, -0.2) is 12.3 Å². The van der Waals surface area contributed by atoms with Crippen molar-refractivity contribution in [1.29, 1.82) is 0 Å². The van der Waals surface area contributed by atoms with E-state index in [1.54, 1.807) is 7.11 Å². The van der Waals surface area contributed by atoms with Crippen molar-refractivity contribution in [3.8, 4) is 5.88 Å². The second-order valence-corrected chi connectivity index (χ2v) is 2.93. The molecule has 0 N–H and O–H groups in total. The topological polar surface area (TPSA) is 35.3 Å². The first-order valence-corrected chi connectivity index (χ1v) is 3.72. The lowest BCUT2D eigenvalue weighted by atomic mass is 10.1. The van der Waals surface area contributed by atoms with E-state index in [0.717, 1.165) is 12.2 Å². The molecule has 0 saturated carbocycles. The van der Waals surface area contributed by atoms with Crippen LogP contribution in [0.1, 0.15) is 19.6 Å². The molecule has 0 aromatic carbocycles. The Morgan fingerprint density at radius 1 is 1.64 bits per heavy atom. The lowest BCUT2D eigenvalue weighted by Crippen LogP contribution is -1.90. The number of aromatic nitrogens is 1. The minimum absolute atomic E-state index is 0.556. The number of ether oxygens (including phenoxy) is 1. The van der Waals surface area contributed by atoms with E-state index in [0.29, 0.717) is 11.8 Å². The average Bonchev–Trinajstić information content (AvgIpc) is 2.34. The van der Waals surface area contributed by atoms with Gasteiger partial charge in [-0.25, -0.2) is 0 Å². The van der Waals surface area contributed by atoms with Gasteiger partial charge in [-0.1, -0.05) is 13.8 Å². The van der Waals surface area contributed by atoms with E-state index in [1.807, 2.05) is 6.07 Å². The van der Waals surface area contributed by atoms with Gasteiger partial charge in [0.05, 0.1) is 7.11 Å². The summed E-state index contributed by atoms with van der Waals surface area (Å²) in [6.45, 7) is 4.27. The molecule has 0 atom stereocenters. The fourth-order valence-corrected chi connectivity index (χ4v) is 0.889. The predicted molar refractivity (Wildman–Crippen MR) is 41.6 cm³/mol. The Hall–Kier alpha value is -0.990. The number of hydrogen-bond donors (Lipinski definition) is 0. The molecular formula is C8H13NO2. The summed E-state index contributed by atoms with van der Waals surface area (Å²) >= 11 is 0. The molecule has 0 amide bonds. The molecule has 0 unspecified atom stereocenters. The summed E-state index contributed by atoms with van der Waals surface area (Å²) in [6, 6.07) is 1.82. The summed E-state index contributed by atoms with van der Waals surface area (Å²) in [7, 11) is 1.58. The Morgan fingerprint density at radius 3 is 2.82 bits per heavy atom. The van der Waals surface area contributed by atoms with Crippen LogP contribution in [0.5, 0.6) is 5.88 Å². The predicted octanol–water partition coefficient (Wildman–Crippen LogP) is 1.88. The van der Waals surface area contributed by atoms with Crippen molar-refractivity contribution in [2.75, 3.05) is 7.11 Å². The van der Waals surface area contributed by atoms with Crippen LogP contribution in [0.15, 0.2) is 10.6 Å². The standard InChI is InChI=1S/C8H13NO2/c1-6(2)4-7-5-8(10-3)9-11-7/h5-6H,4H2,1-3H3. The molecular weight excluding hydrogens is 142 g/mol. The third-order valence-corrected chi connectivity index (χ3v) is 1.36. The van der Waals surface area contributed by atoms with Crippen LogP contribution < -0.4 is 4.74 Å². The number of methoxy groups -OCH3 is 1. The summed E-state index contributed by atoms with van der Waals surface area (Å²) in [6.07, 6.45) is 0.913. The van der Waals surface area contributed by atoms with Crippen molar-refractivity contribution in [2.45, 2.75) is 20.3 Å². The van der Waals surface area contributed by atoms with E-state index in [4.69, 9.17) is 9.26 Å². The second kappa shape index (κ2) is 3.42. The van der Waals surface area contributed by atoms with Crippen LogP contribution >= 0.6 is 0 Å². The Morgan fingerprint density at radius 2 is 2.36 bits per heavy atom. The quantitative estimate of drug-likeness (QED) is 0.668. The second-order valence-electron chi connectivity index (χ2n) is 2.93. The maximum absolute atomic E-state index is 4.99. The number of nitrogens with zero attached hydrogens (tertiary/aromatic N) is 1. The van der Waals surface area contributed by atoms with E-state index in [2.05, 4.69) is 19.0 Å². The largest absolute Gasteiger partial charge is 0.479 e. The van der Waals surface area contributed by atoms with Crippen LogP contribution in [0, 0.1) is 5.92 Å². The van der Waals surface area contributed by atoms with Crippen molar-refractivity contribution in [3.63, 3.8) is 0 Å². The van der Waals surface area contributed by atoms with Gasteiger partial charge in [0.2, 0.25) is 0 Å². The maximum atomic E-state index is 4.99. The zero-order valence-electron chi connectivity index (χ0n) is 7.13. The Bertz CT molecular complexity index is 218. The van der Waals surface area contributed by atoms with E-state index in [9.17, 15) is 0 Å². The SMILES string of the molecule is COc1cc(CC(C)C)on1. The van der Waals surface area contributed by atoms with Gasteiger partial charge in [-0.15, -0.1) is 0 Å². The van der Waals surface area contributed by atoms with Gasteiger partial charge in [-0.2, -0.15) is 0 Å². The molecule has 3 nitrogen and oxygen atoms in total. The van der Waals surface area contributed by atoms with Crippen molar-refractivity contribution < 1.29 is 9.26 Å². The van der Waals surface area contributed by atoms with E-state index >= 15 is 0 Å². The minimum atomic E-state index is 0.556. The first kappa shape index (κ1) is 8.11. The molecule has 0 aliphatic carbocycles. The molecule has 0 bridgehead atoms. The molecule has 0 aliphatic heterocycles. The zero-order chi connectivity index (χ0) is 8.27. The summed E-state index contributed by atoms with van der Waals surface area (Å²) in [5.41, 5.74) is 0. The molecule has 0 aliphatic rings. The molecule has 0 saturated heterocycles. The van der Waals surface area contributed by atoms with E-state index in [1.165, 1.54) is 0 Å². The molecule has 0 spiro atoms. The average molecular weight is 155 g/mol. The highest BCUT2D eigenvalue weighted by molar-refractivity contribution is 5.10. The van der Waals surface area contributed by atoms with Gasteiger partial charge < -0.3 is 9.26 Å². The summed E-state index contributed by atoms with van der Waals surface area (Å²) in [5.74, 6) is 2.03. The van der Waals surface area contributed by atoms with Gasteiger partial charge in [0.25, 0.3) is 5.88 Å². The third-order valence-electron chi connectivity index (χ3n) is 1.36. The molecule has 1 rings (SSSR count). The van der Waals surface area contributed by atoms with Gasteiger partial charge in [-0.05, 0) is 11.1 Å². The fraction of sp³-hybridized carbons (Fsp3) is 0.625. The monoisotopic (exact) mass is 155 g/mol. The van der Waals surface area contributed by atoms with E-state index < -0.39 is 0 Å². The third kappa shape index (κ3) is 2.26. The smallest absolute Gasteiger partial charge is 0.254 e. The summed E-state index contributed by atoms with van der Waals surface area (Å²) in [5, 5.41) is 3.69. The molecule has 62 valence electrons. The molecule has 0 radical (unpaired) electrons. The van der Waals surface area contributed by atoms with Crippen LogP contribution in [0.2, 0.25) is 0 Å². The molecule has 0 fully saturated rings. The van der Waals surface area contributed by atoms with Gasteiger partial charge in [0, 0.05) is 12.5 Å². The lowest BCUT2D eigenvalue weighted by Gasteiger charge is -1.96. The first-order valence-electron chi connectivity index (χ1n) is 3.72. The van der Waals surface area contributed by atoms with E-state index in [-0.39, 0.29) is 0 Å². The van der Waals surface area contributed by atoms with Crippen LogP contribution in [0.25, 0.3) is 0 Å². The van der Waals surface area contributed by atoms with Gasteiger partial charge in [0.15, 0.2) is 0 Å². The minimum Gasteiger partial charge on any atom is -0.479 e. The molecule has 1 aromatic heterocycles. The molecule has 1 heterocycles. The van der Waals surface area contributed by atoms with Crippen molar-refractivity contribution >= 4 is 0 Å². The van der Waals surface area contributed by atoms with Gasteiger partial charge >= 0.3 is 0 Å². The first-order chi connectivity index (χ1) is 5.22. The summed E-state index contributed by atoms with van der Waals surface area (Å²) < 4.78 is 9.86. The van der Waals surface area contributed by atoms with Crippen molar-refractivity contribution in [3.05, 3.63) is 11.8 Å². The Kier molecular flexibility index (Phi) is 2.52. The normalized spacial score (nSPS) is 10.5. The maximum Gasteiger partial charge on any atom is 0.254 e. The lowest BCUT2D eigenvalue weighted by molar-refractivity contribution is 0.321. The summed E-state index contributed by atoms with van der Waals surface area (Å²) in [4.78, 5) is 0. The molecule has 3 heteroatoms. The van der Waals surface area contributed by atoms with Crippen LogP contribution in [-0.2, 0) is 6.42 Å². The highest BCUT2D eigenvalue weighted by Gasteiger charge is 2.04. The zero-order valence-corrected chi connectivity index (χ0v) is 7.13. The van der Waals surface area contributed by atoms with Gasteiger partial charge in [-0.3, -0.25) is 0 Å². The van der Waals surface area contributed by atoms with Gasteiger partial charge in [0.1, 0.15) is 5.76 Å². The Labute approximate surface area is 66.3 Å². The molecule has 1 aromatic rings. The Balaban J connectivity index is 2.58. The molecule has 11 heavy (non-hydrogen) atoms. The number of hydrogen-bond acceptors (Lipinski definition) is 3. The van der Waals surface area contributed by atoms with Crippen molar-refractivity contribution in [1.82, 2.24) is 5.16 Å². The number of rotatable bonds is 3. The highest BCUT2D eigenvalue weighted by atomic mass is 16.5.